The lowest BCUT2D eigenvalue weighted by Gasteiger charge is -1.96. The van der Waals surface area contributed by atoms with Gasteiger partial charge in [-0.3, -0.25) is 0 Å². The van der Waals surface area contributed by atoms with Crippen LogP contribution in [0.3, 0.4) is 0 Å². The lowest BCUT2D eigenvalue weighted by Crippen LogP contribution is -1.99. The molecule has 6 heteroatoms. The summed E-state index contributed by atoms with van der Waals surface area (Å²) in [5.41, 5.74) is 0.281. The van der Waals surface area contributed by atoms with Crippen molar-refractivity contribution in [3.05, 3.63) is 30.7 Å². The van der Waals surface area contributed by atoms with Gasteiger partial charge in [-0.25, -0.2) is 19.6 Å². The minimum atomic E-state index is 0.281. The summed E-state index contributed by atoms with van der Waals surface area (Å²) in [5.74, 6) is 0.538. The van der Waals surface area contributed by atoms with E-state index in [0.29, 0.717) is 5.82 Å². The van der Waals surface area contributed by atoms with Crippen molar-refractivity contribution in [2.24, 2.45) is 0 Å². The molecule has 0 amide bonds. The van der Waals surface area contributed by atoms with Gasteiger partial charge in [-0.1, -0.05) is 0 Å². The number of rotatable bonds is 1. The van der Waals surface area contributed by atoms with Gasteiger partial charge in [0.05, 0.1) is 12.4 Å². The molecule has 0 aliphatic rings. The van der Waals surface area contributed by atoms with E-state index in [1.54, 1.807) is 0 Å². The summed E-state index contributed by atoms with van der Waals surface area (Å²) in [5, 5.41) is 12.3. The van der Waals surface area contributed by atoms with Crippen molar-refractivity contribution in [2.45, 2.75) is 0 Å². The predicted molar refractivity (Wildman–Crippen MR) is 41.7 cm³/mol. The van der Waals surface area contributed by atoms with Gasteiger partial charge < -0.3 is 0 Å². The molecule has 0 spiro atoms. The van der Waals surface area contributed by atoms with Crippen molar-refractivity contribution >= 4 is 0 Å². The molecule has 2 heterocycles. The highest BCUT2D eigenvalue weighted by molar-refractivity contribution is 5.22. The van der Waals surface area contributed by atoms with Gasteiger partial charge in [0.2, 0.25) is 0 Å². The predicted octanol–water partition coefficient (Wildman–Crippen LogP) is -0.0710. The fraction of sp³-hybridized carbons (Fsp3) is 0. The standard InChI is InChI=1S/C7H4N6/c8-1-6-2-11-7(3-10-6)13-5-9-4-12-13/h2-5H. The largest absolute Gasteiger partial charge is 0.240 e. The second-order valence-corrected chi connectivity index (χ2v) is 2.21. The molecular formula is C7H4N6. The van der Waals surface area contributed by atoms with Crippen LogP contribution in [0.2, 0.25) is 0 Å². The van der Waals surface area contributed by atoms with Gasteiger partial charge in [0.25, 0.3) is 0 Å². The normalized spacial score (nSPS) is 9.46. The van der Waals surface area contributed by atoms with Crippen molar-refractivity contribution in [2.75, 3.05) is 0 Å². The zero-order chi connectivity index (χ0) is 9.10. The van der Waals surface area contributed by atoms with E-state index in [9.17, 15) is 0 Å². The van der Waals surface area contributed by atoms with E-state index in [0.717, 1.165) is 0 Å². The van der Waals surface area contributed by atoms with E-state index < -0.39 is 0 Å². The van der Waals surface area contributed by atoms with Crippen LogP contribution >= 0.6 is 0 Å². The molecule has 0 saturated carbocycles. The number of hydrogen-bond donors (Lipinski definition) is 0. The minimum Gasteiger partial charge on any atom is -0.240 e. The molecule has 13 heavy (non-hydrogen) atoms. The summed E-state index contributed by atoms with van der Waals surface area (Å²) < 4.78 is 1.47. The third-order valence-electron chi connectivity index (χ3n) is 1.41. The Bertz CT molecular complexity index is 423. The Balaban J connectivity index is 2.40. The maximum absolute atomic E-state index is 8.47. The van der Waals surface area contributed by atoms with Crippen LogP contribution in [0.25, 0.3) is 5.82 Å². The monoisotopic (exact) mass is 172 g/mol. The van der Waals surface area contributed by atoms with Gasteiger partial charge in [-0.15, -0.1) is 0 Å². The highest BCUT2D eigenvalue weighted by atomic mass is 15.3. The van der Waals surface area contributed by atoms with Gasteiger partial charge >= 0.3 is 0 Å². The van der Waals surface area contributed by atoms with Gasteiger partial charge in [0.1, 0.15) is 18.7 Å². The Kier molecular flexibility index (Phi) is 1.69. The fourth-order valence-electron chi connectivity index (χ4n) is 0.824. The second-order valence-electron chi connectivity index (χ2n) is 2.21. The number of aromatic nitrogens is 5. The minimum absolute atomic E-state index is 0.281. The number of hydrogen-bond acceptors (Lipinski definition) is 5. The summed E-state index contributed by atoms with van der Waals surface area (Å²) in [6.07, 6.45) is 5.76. The second kappa shape index (κ2) is 2.98. The average Bonchev–Trinajstić information content (AvgIpc) is 2.71. The summed E-state index contributed by atoms with van der Waals surface area (Å²) >= 11 is 0. The first kappa shape index (κ1) is 7.36. The summed E-state index contributed by atoms with van der Waals surface area (Å²) in [6, 6.07) is 1.88. The molecule has 0 atom stereocenters. The molecule has 6 nitrogen and oxygen atoms in total. The lowest BCUT2D eigenvalue weighted by atomic mass is 10.5. The first-order valence-corrected chi connectivity index (χ1v) is 3.47. The summed E-state index contributed by atoms with van der Waals surface area (Å²) in [7, 11) is 0. The highest BCUT2D eigenvalue weighted by Crippen LogP contribution is 1.98. The highest BCUT2D eigenvalue weighted by Gasteiger charge is 1.98. The quantitative estimate of drug-likeness (QED) is 0.601. The third kappa shape index (κ3) is 1.35. The molecule has 0 aliphatic heterocycles. The van der Waals surface area contributed by atoms with Crippen LogP contribution in [0.4, 0.5) is 0 Å². The number of nitrogens with zero attached hydrogens (tertiary/aromatic N) is 6. The van der Waals surface area contributed by atoms with Crippen molar-refractivity contribution in [3.8, 4) is 11.9 Å². The van der Waals surface area contributed by atoms with Crippen LogP contribution in [0.5, 0.6) is 0 Å². The van der Waals surface area contributed by atoms with Crippen molar-refractivity contribution in [3.63, 3.8) is 0 Å². The Morgan fingerprint density at radius 3 is 2.77 bits per heavy atom. The molecule has 0 fully saturated rings. The van der Waals surface area contributed by atoms with E-state index in [2.05, 4.69) is 20.1 Å². The van der Waals surface area contributed by atoms with Crippen LogP contribution in [0.15, 0.2) is 25.0 Å². The third-order valence-corrected chi connectivity index (χ3v) is 1.41. The lowest BCUT2D eigenvalue weighted by molar-refractivity contribution is 0.834. The molecule has 2 rings (SSSR count). The summed E-state index contributed by atoms with van der Waals surface area (Å²) in [4.78, 5) is 11.6. The van der Waals surface area contributed by atoms with E-state index in [1.807, 2.05) is 6.07 Å². The van der Waals surface area contributed by atoms with E-state index in [1.165, 1.54) is 29.7 Å². The van der Waals surface area contributed by atoms with Crippen LogP contribution in [0, 0.1) is 11.3 Å². The fourth-order valence-corrected chi connectivity index (χ4v) is 0.824. The molecule has 0 aliphatic carbocycles. The van der Waals surface area contributed by atoms with E-state index >= 15 is 0 Å². The molecule has 0 N–H and O–H groups in total. The molecular weight excluding hydrogens is 168 g/mol. The first-order valence-electron chi connectivity index (χ1n) is 3.47. The molecule has 2 aromatic rings. The average molecular weight is 172 g/mol. The van der Waals surface area contributed by atoms with Crippen LogP contribution in [0.1, 0.15) is 5.69 Å². The van der Waals surface area contributed by atoms with Crippen molar-refractivity contribution in [1.82, 2.24) is 24.7 Å². The molecule has 0 unspecified atom stereocenters. The molecule has 62 valence electrons. The Morgan fingerprint density at radius 1 is 1.31 bits per heavy atom. The summed E-state index contributed by atoms with van der Waals surface area (Å²) in [6.45, 7) is 0. The van der Waals surface area contributed by atoms with Crippen LogP contribution in [-0.2, 0) is 0 Å². The van der Waals surface area contributed by atoms with Gasteiger partial charge in [-0.2, -0.15) is 10.4 Å². The van der Waals surface area contributed by atoms with E-state index in [4.69, 9.17) is 5.26 Å². The number of nitriles is 1. The zero-order valence-corrected chi connectivity index (χ0v) is 6.49. The first-order chi connectivity index (χ1) is 6.40. The molecule has 0 radical (unpaired) electrons. The Labute approximate surface area is 73.5 Å². The van der Waals surface area contributed by atoms with Crippen LogP contribution in [-0.4, -0.2) is 24.7 Å². The van der Waals surface area contributed by atoms with Crippen molar-refractivity contribution < 1.29 is 0 Å². The molecule has 0 saturated heterocycles. The molecule has 2 aromatic heterocycles. The molecule has 0 aromatic carbocycles. The Morgan fingerprint density at radius 2 is 2.23 bits per heavy atom. The smallest absolute Gasteiger partial charge is 0.173 e. The Hall–Kier alpha value is -2.29. The van der Waals surface area contributed by atoms with Crippen LogP contribution < -0.4 is 0 Å². The topological polar surface area (TPSA) is 80.3 Å². The SMILES string of the molecule is N#Cc1cnc(-n2cncn2)cn1. The van der Waals surface area contributed by atoms with Gasteiger partial charge in [-0.05, 0) is 0 Å². The maximum atomic E-state index is 8.47. The van der Waals surface area contributed by atoms with E-state index in [-0.39, 0.29) is 5.69 Å². The van der Waals surface area contributed by atoms with Crippen molar-refractivity contribution in [1.29, 1.82) is 5.26 Å². The maximum Gasteiger partial charge on any atom is 0.173 e. The zero-order valence-electron chi connectivity index (χ0n) is 6.49. The van der Waals surface area contributed by atoms with Gasteiger partial charge in [0, 0.05) is 0 Å². The van der Waals surface area contributed by atoms with Gasteiger partial charge in [0.15, 0.2) is 11.5 Å². The molecule has 0 bridgehead atoms.